The van der Waals surface area contributed by atoms with Gasteiger partial charge in [0.2, 0.25) is 0 Å². The van der Waals surface area contributed by atoms with Crippen LogP contribution in [0.25, 0.3) is 66.4 Å². The van der Waals surface area contributed by atoms with Crippen molar-refractivity contribution in [2.45, 2.75) is 18.3 Å². The molecule has 0 aliphatic heterocycles. The molecule has 1 nitrogen and oxygen atoms in total. The van der Waals surface area contributed by atoms with Crippen LogP contribution in [0.4, 0.5) is 17.1 Å². The normalized spacial score (nSPS) is 14.9. The molecular weight excluding hydrogens is 795 g/mol. The first-order valence-corrected chi connectivity index (χ1v) is 23.2. The summed E-state index contributed by atoms with van der Waals surface area (Å²) in [6, 6.07) is 89.3. The fraction of sp³-hybridized carbons (Fsp3) is 0.0462. The van der Waals surface area contributed by atoms with Gasteiger partial charge in [-0.1, -0.05) is 231 Å². The molecule has 0 saturated heterocycles. The highest BCUT2D eigenvalue weighted by atomic mass is 15.1. The number of hydrogen-bond donors (Lipinski definition) is 0. The average Bonchev–Trinajstić information content (AvgIpc) is 3.70. The molecule has 312 valence electrons. The van der Waals surface area contributed by atoms with Gasteiger partial charge in [-0.3, -0.25) is 0 Å². The summed E-state index contributed by atoms with van der Waals surface area (Å²) in [5.41, 5.74) is 20.3. The first-order valence-electron chi connectivity index (χ1n) is 23.2. The summed E-state index contributed by atoms with van der Waals surface area (Å²) in [6.07, 6.45) is 9.30. The Morgan fingerprint density at radius 3 is 1.68 bits per heavy atom. The summed E-state index contributed by atoms with van der Waals surface area (Å²) < 4.78 is 0. The van der Waals surface area contributed by atoms with Crippen LogP contribution < -0.4 is 4.90 Å². The third kappa shape index (κ3) is 6.63. The van der Waals surface area contributed by atoms with Crippen LogP contribution in [-0.2, 0) is 5.41 Å². The maximum absolute atomic E-state index is 2.49. The molecule has 0 amide bonds. The monoisotopic (exact) mass is 841 g/mol. The number of nitrogens with zero attached hydrogens (tertiary/aromatic N) is 1. The minimum absolute atomic E-state index is 0.472. The lowest BCUT2D eigenvalue weighted by atomic mass is 9.66. The van der Waals surface area contributed by atoms with Gasteiger partial charge in [-0.2, -0.15) is 0 Å². The van der Waals surface area contributed by atoms with E-state index in [1.54, 1.807) is 0 Å². The summed E-state index contributed by atoms with van der Waals surface area (Å²) in [7, 11) is 0. The second kappa shape index (κ2) is 16.7. The van der Waals surface area contributed by atoms with Gasteiger partial charge in [0.25, 0.3) is 0 Å². The van der Waals surface area contributed by atoms with Crippen molar-refractivity contribution < 1.29 is 0 Å². The zero-order chi connectivity index (χ0) is 43.9. The number of rotatable bonds is 9. The number of anilines is 3. The average molecular weight is 842 g/mol. The maximum atomic E-state index is 2.49. The first kappa shape index (κ1) is 39.3. The van der Waals surface area contributed by atoms with Gasteiger partial charge in [0, 0.05) is 16.9 Å². The van der Waals surface area contributed by atoms with Crippen molar-refractivity contribution in [1.82, 2.24) is 0 Å². The standard InChI is InChI=1S/C65H47N/c1-5-19-46(20-6-1)47-33-35-51(36-34-47)64-57-29-14-13-23-49(57)39-43-58(64)50-37-40-54(41-38-50)66(63-32-18-16-28-56(63)48-21-7-2-8-22-48)55-42-44-60-59-30-15-17-31-61(59)65(62(60)45-55,52-24-9-3-10-25-52)53-26-11-4-12-27-53/h1-3,5-11,13-45H,4,12H2. The Kier molecular flexibility index (Phi) is 9.95. The topological polar surface area (TPSA) is 3.24 Å². The van der Waals surface area contributed by atoms with E-state index in [1.165, 1.54) is 88.7 Å². The fourth-order valence-electron chi connectivity index (χ4n) is 10.8. The lowest BCUT2D eigenvalue weighted by Crippen LogP contribution is -2.29. The molecule has 12 rings (SSSR count). The SMILES string of the molecule is C1=CC(C2(c3ccccc3)c3ccccc3-c3ccc(N(c4ccc(-c5ccc6ccccc6c5-c5ccc(-c6ccccc6)cc5)cc4)c4ccccc4-c4ccccc4)cc32)=CCC1. The fourth-order valence-corrected chi connectivity index (χ4v) is 10.8. The lowest BCUT2D eigenvalue weighted by molar-refractivity contribution is 0.751. The third-order valence-corrected chi connectivity index (χ3v) is 13.8. The van der Waals surface area contributed by atoms with E-state index >= 15 is 0 Å². The lowest BCUT2D eigenvalue weighted by Gasteiger charge is -2.36. The van der Waals surface area contributed by atoms with Crippen molar-refractivity contribution in [3.8, 4) is 55.6 Å². The molecule has 0 spiro atoms. The van der Waals surface area contributed by atoms with Crippen molar-refractivity contribution in [2.75, 3.05) is 4.90 Å². The molecule has 1 atom stereocenters. The molecular formula is C65H47N. The molecule has 0 fully saturated rings. The number of allylic oxidation sites excluding steroid dienone is 4. The van der Waals surface area contributed by atoms with E-state index in [1.807, 2.05) is 0 Å². The van der Waals surface area contributed by atoms with E-state index in [0.29, 0.717) is 0 Å². The van der Waals surface area contributed by atoms with Crippen LogP contribution in [-0.4, -0.2) is 0 Å². The number of para-hydroxylation sites is 1. The molecule has 10 aromatic carbocycles. The summed E-state index contributed by atoms with van der Waals surface area (Å²) in [5.74, 6) is 0. The Bertz CT molecular complexity index is 3440. The van der Waals surface area contributed by atoms with E-state index in [0.717, 1.165) is 29.9 Å². The van der Waals surface area contributed by atoms with Crippen molar-refractivity contribution in [3.63, 3.8) is 0 Å². The first-order chi connectivity index (χ1) is 32.8. The smallest absolute Gasteiger partial charge is 0.0711 e. The maximum Gasteiger partial charge on any atom is 0.0711 e. The minimum atomic E-state index is -0.472. The van der Waals surface area contributed by atoms with Crippen LogP contribution >= 0.6 is 0 Å². The molecule has 0 bridgehead atoms. The van der Waals surface area contributed by atoms with Crippen molar-refractivity contribution in [1.29, 1.82) is 0 Å². The van der Waals surface area contributed by atoms with Crippen LogP contribution in [0.2, 0.25) is 0 Å². The van der Waals surface area contributed by atoms with Gasteiger partial charge in [0.15, 0.2) is 0 Å². The Morgan fingerprint density at radius 2 is 0.924 bits per heavy atom. The summed E-state index contributed by atoms with van der Waals surface area (Å²) in [5, 5.41) is 2.47. The zero-order valence-electron chi connectivity index (χ0n) is 36.7. The van der Waals surface area contributed by atoms with Crippen LogP contribution in [0, 0.1) is 0 Å². The van der Waals surface area contributed by atoms with Crippen LogP contribution in [0.15, 0.2) is 266 Å². The van der Waals surface area contributed by atoms with Gasteiger partial charge in [-0.25, -0.2) is 0 Å². The van der Waals surface area contributed by atoms with Gasteiger partial charge in [0.05, 0.1) is 11.1 Å². The highest BCUT2D eigenvalue weighted by Gasteiger charge is 2.47. The predicted molar refractivity (Wildman–Crippen MR) is 279 cm³/mol. The van der Waals surface area contributed by atoms with Gasteiger partial charge in [-0.15, -0.1) is 0 Å². The highest BCUT2D eigenvalue weighted by Crippen LogP contribution is 2.58. The van der Waals surface area contributed by atoms with Crippen molar-refractivity contribution in [3.05, 3.63) is 283 Å². The molecule has 0 heterocycles. The highest BCUT2D eigenvalue weighted by molar-refractivity contribution is 6.04. The molecule has 2 aliphatic carbocycles. The molecule has 1 unspecified atom stereocenters. The van der Waals surface area contributed by atoms with Crippen molar-refractivity contribution >= 4 is 27.8 Å². The second-order valence-corrected chi connectivity index (χ2v) is 17.4. The third-order valence-electron chi connectivity index (χ3n) is 13.8. The van der Waals surface area contributed by atoms with E-state index in [-0.39, 0.29) is 0 Å². The Morgan fingerprint density at radius 1 is 0.364 bits per heavy atom. The molecule has 66 heavy (non-hydrogen) atoms. The Hall–Kier alpha value is -8.26. The zero-order valence-corrected chi connectivity index (χ0v) is 36.7. The van der Waals surface area contributed by atoms with Gasteiger partial charge in [0.1, 0.15) is 0 Å². The number of benzene rings is 10. The van der Waals surface area contributed by atoms with Gasteiger partial charge < -0.3 is 4.90 Å². The molecule has 10 aromatic rings. The second-order valence-electron chi connectivity index (χ2n) is 17.4. The van der Waals surface area contributed by atoms with Gasteiger partial charge >= 0.3 is 0 Å². The number of fused-ring (bicyclic) bond motifs is 4. The summed E-state index contributed by atoms with van der Waals surface area (Å²) in [6.45, 7) is 0. The minimum Gasteiger partial charge on any atom is -0.310 e. The van der Waals surface area contributed by atoms with E-state index in [2.05, 4.69) is 266 Å². The molecule has 0 saturated carbocycles. The van der Waals surface area contributed by atoms with Gasteiger partial charge in [-0.05, 0) is 126 Å². The van der Waals surface area contributed by atoms with Crippen LogP contribution in [0.1, 0.15) is 29.5 Å². The predicted octanol–water partition coefficient (Wildman–Crippen LogP) is 17.6. The van der Waals surface area contributed by atoms with E-state index in [9.17, 15) is 0 Å². The Balaban J connectivity index is 1.04. The molecule has 0 radical (unpaired) electrons. The molecule has 1 heteroatoms. The summed E-state index contributed by atoms with van der Waals surface area (Å²) in [4.78, 5) is 2.47. The summed E-state index contributed by atoms with van der Waals surface area (Å²) >= 11 is 0. The van der Waals surface area contributed by atoms with E-state index < -0.39 is 5.41 Å². The van der Waals surface area contributed by atoms with E-state index in [4.69, 9.17) is 0 Å². The molecule has 0 N–H and O–H groups in total. The number of hydrogen-bond acceptors (Lipinski definition) is 1. The van der Waals surface area contributed by atoms with Crippen LogP contribution in [0.5, 0.6) is 0 Å². The Labute approximate surface area is 387 Å². The largest absolute Gasteiger partial charge is 0.310 e. The molecule has 2 aliphatic rings. The van der Waals surface area contributed by atoms with Crippen molar-refractivity contribution in [2.24, 2.45) is 0 Å². The van der Waals surface area contributed by atoms with Crippen LogP contribution in [0.3, 0.4) is 0 Å². The quantitative estimate of drug-likeness (QED) is 0.140. The molecule has 0 aromatic heterocycles.